The number of carboxylic acid groups (broad SMARTS) is 1. The number of nitrogens with zero attached hydrogens (tertiary/aromatic N) is 1. The molecule has 1 rings (SSSR count). The van der Waals surface area contributed by atoms with Crippen molar-refractivity contribution in [3.05, 3.63) is 35.9 Å². The Bertz CT molecular complexity index is 664. The Morgan fingerprint density at radius 3 is 2.31 bits per heavy atom. The zero-order valence-electron chi connectivity index (χ0n) is 14.7. The predicted molar refractivity (Wildman–Crippen MR) is 93.4 cm³/mol. The zero-order valence-corrected chi connectivity index (χ0v) is 15.6. The van der Waals surface area contributed by atoms with Gasteiger partial charge in [-0.3, -0.25) is 24.7 Å². The van der Waals surface area contributed by atoms with Crippen LogP contribution < -0.4 is 5.32 Å². The first-order valence-corrected chi connectivity index (χ1v) is 9.71. The largest absolute Gasteiger partial charge is 0.481 e. The summed E-state index contributed by atoms with van der Waals surface area (Å²) in [6, 6.07) is 7.04. The van der Waals surface area contributed by atoms with Crippen LogP contribution in [0.25, 0.3) is 0 Å². The van der Waals surface area contributed by atoms with Crippen LogP contribution >= 0.6 is 7.60 Å². The fraction of sp³-hybridized carbons (Fsp3) is 0.500. The second-order valence-electron chi connectivity index (χ2n) is 6.18. The van der Waals surface area contributed by atoms with E-state index in [1.807, 2.05) is 0 Å². The summed E-state index contributed by atoms with van der Waals surface area (Å²) in [6.45, 7) is 2.49. The van der Waals surface area contributed by atoms with Crippen molar-refractivity contribution < 1.29 is 34.3 Å². The highest BCUT2D eigenvalue weighted by Crippen LogP contribution is 2.50. The zero-order chi connectivity index (χ0) is 20.0. The molecule has 5 N–H and O–H groups in total. The van der Waals surface area contributed by atoms with Crippen LogP contribution in [0.3, 0.4) is 0 Å². The number of carbonyl (C=O) groups excluding carboxylic acids is 1. The Balaban J connectivity index is 2.92. The van der Waals surface area contributed by atoms with Gasteiger partial charge in [0.05, 0.1) is 19.0 Å². The molecule has 0 aliphatic rings. The summed E-state index contributed by atoms with van der Waals surface area (Å²) >= 11 is 0. The molecule has 1 aromatic rings. The van der Waals surface area contributed by atoms with E-state index in [4.69, 9.17) is 5.11 Å². The minimum atomic E-state index is -4.55. The minimum absolute atomic E-state index is 0.118. The lowest BCUT2D eigenvalue weighted by atomic mass is 10.0. The Morgan fingerprint density at radius 1 is 1.27 bits per heavy atom. The third kappa shape index (κ3) is 5.89. The number of carbonyl (C=O) groups is 2. The van der Waals surface area contributed by atoms with Crippen LogP contribution in [0.2, 0.25) is 0 Å². The number of carboxylic acids is 1. The van der Waals surface area contributed by atoms with Gasteiger partial charge in [0.25, 0.3) is 5.91 Å². The van der Waals surface area contributed by atoms with E-state index < -0.39 is 43.8 Å². The Kier molecular flexibility index (Phi) is 7.92. The minimum Gasteiger partial charge on any atom is -0.481 e. The average Bonchev–Trinajstić information content (AvgIpc) is 2.57. The quantitative estimate of drug-likeness (QED) is 0.231. The van der Waals surface area contributed by atoms with Gasteiger partial charge >= 0.3 is 13.6 Å². The van der Waals surface area contributed by atoms with Crippen molar-refractivity contribution in [3.63, 3.8) is 0 Å². The van der Waals surface area contributed by atoms with E-state index in [1.165, 1.54) is 6.92 Å². The molecule has 10 heteroatoms. The average molecular weight is 388 g/mol. The highest BCUT2D eigenvalue weighted by molar-refractivity contribution is 7.53. The molecule has 0 aromatic heterocycles. The van der Waals surface area contributed by atoms with E-state index in [0.717, 1.165) is 0 Å². The van der Waals surface area contributed by atoms with E-state index in [9.17, 15) is 29.1 Å². The number of benzene rings is 1. The molecular weight excluding hydrogens is 363 g/mol. The number of hydroxylamine groups is 2. The summed E-state index contributed by atoms with van der Waals surface area (Å²) in [5, 5.41) is 20.4. The maximum absolute atomic E-state index is 12.3. The maximum atomic E-state index is 12.3. The van der Waals surface area contributed by atoms with Crippen LogP contribution in [0.4, 0.5) is 0 Å². The maximum Gasteiger partial charge on any atom is 0.345 e. The predicted octanol–water partition coefficient (Wildman–Crippen LogP) is 1.70. The Labute approximate surface area is 151 Å². The second-order valence-corrected chi connectivity index (χ2v) is 8.26. The van der Waals surface area contributed by atoms with Crippen molar-refractivity contribution >= 4 is 19.5 Å². The van der Waals surface area contributed by atoms with Gasteiger partial charge in [-0.05, 0) is 18.9 Å². The molecule has 0 aliphatic heterocycles. The molecule has 1 amide bonds. The molecule has 0 heterocycles. The van der Waals surface area contributed by atoms with Crippen LogP contribution in [-0.2, 0) is 14.2 Å². The first-order chi connectivity index (χ1) is 12.0. The number of hydrogen-bond donors (Lipinski definition) is 5. The van der Waals surface area contributed by atoms with Gasteiger partial charge in [-0.15, -0.1) is 0 Å². The number of amides is 1. The monoisotopic (exact) mass is 388 g/mol. The molecule has 0 radical (unpaired) electrons. The number of nitrogens with one attached hydrogen (secondary N) is 1. The number of aliphatic carboxylic acids is 1. The topological polar surface area (TPSA) is 147 Å². The van der Waals surface area contributed by atoms with Crippen LogP contribution in [0.15, 0.2) is 30.3 Å². The van der Waals surface area contributed by atoms with Crippen LogP contribution in [0.5, 0.6) is 0 Å². The second kappa shape index (κ2) is 9.25. The fourth-order valence-corrected chi connectivity index (χ4v) is 3.33. The van der Waals surface area contributed by atoms with Gasteiger partial charge in [-0.2, -0.15) is 0 Å². The lowest BCUT2D eigenvalue weighted by Crippen LogP contribution is -2.48. The van der Waals surface area contributed by atoms with Gasteiger partial charge in [-0.25, -0.2) is 5.06 Å². The van der Waals surface area contributed by atoms with Crippen molar-refractivity contribution in [3.8, 4) is 0 Å². The molecule has 0 spiro atoms. The molecule has 9 nitrogen and oxygen atoms in total. The first-order valence-electron chi connectivity index (χ1n) is 8.10. The molecule has 146 valence electrons. The Hall–Kier alpha value is -1.77. The van der Waals surface area contributed by atoms with Crippen molar-refractivity contribution in [1.29, 1.82) is 0 Å². The molecule has 1 aromatic carbocycles. The molecule has 0 saturated carbocycles. The van der Waals surface area contributed by atoms with E-state index in [2.05, 4.69) is 5.32 Å². The smallest absolute Gasteiger partial charge is 0.345 e. The highest BCUT2D eigenvalue weighted by Gasteiger charge is 2.42. The third-order valence-electron chi connectivity index (χ3n) is 4.10. The van der Waals surface area contributed by atoms with Crippen LogP contribution in [0.1, 0.15) is 44.7 Å². The van der Waals surface area contributed by atoms with Gasteiger partial charge in [0.1, 0.15) is 5.28 Å². The molecule has 0 saturated heterocycles. The summed E-state index contributed by atoms with van der Waals surface area (Å²) in [5.74, 6) is -2.10. The standard InChI is InChI=1S/C16H25N2O7P/c1-3-9-16(2,26(23,24)25)17-11-14(19)18(22)13(10-15(20)21)12-7-5-4-6-8-12/h4-8,13,17,22H,3,9-11H2,1-2H3,(H,20,21)(H2,23,24,25). The summed E-state index contributed by atoms with van der Waals surface area (Å²) in [5.41, 5.74) is 0.428. The first kappa shape index (κ1) is 22.3. The molecule has 0 fully saturated rings. The van der Waals surface area contributed by atoms with E-state index in [1.54, 1.807) is 37.3 Å². The van der Waals surface area contributed by atoms with E-state index in [0.29, 0.717) is 17.0 Å². The summed E-state index contributed by atoms with van der Waals surface area (Å²) in [6.07, 6.45) is 0.0709. The van der Waals surface area contributed by atoms with E-state index in [-0.39, 0.29) is 6.42 Å². The van der Waals surface area contributed by atoms with Gasteiger partial charge in [0, 0.05) is 0 Å². The van der Waals surface area contributed by atoms with Gasteiger partial charge < -0.3 is 14.9 Å². The van der Waals surface area contributed by atoms with Crippen molar-refractivity contribution in [2.75, 3.05) is 6.54 Å². The van der Waals surface area contributed by atoms with Gasteiger partial charge in [0.15, 0.2) is 0 Å². The van der Waals surface area contributed by atoms with Crippen molar-refractivity contribution in [1.82, 2.24) is 10.4 Å². The lowest BCUT2D eigenvalue weighted by Gasteiger charge is -2.32. The molecule has 26 heavy (non-hydrogen) atoms. The number of hydrogen-bond acceptors (Lipinski definition) is 5. The van der Waals surface area contributed by atoms with Gasteiger partial charge in [0.2, 0.25) is 0 Å². The summed E-state index contributed by atoms with van der Waals surface area (Å²) in [4.78, 5) is 42.4. The molecule has 0 aliphatic carbocycles. The fourth-order valence-electron chi connectivity index (χ4n) is 2.53. The molecule has 2 atom stereocenters. The molecule has 0 bridgehead atoms. The SMILES string of the molecule is CCCC(C)(NCC(=O)N(O)C(CC(=O)O)c1ccccc1)P(=O)(O)O. The Morgan fingerprint density at radius 2 is 1.85 bits per heavy atom. The van der Waals surface area contributed by atoms with Crippen molar-refractivity contribution in [2.45, 2.75) is 44.4 Å². The van der Waals surface area contributed by atoms with E-state index >= 15 is 0 Å². The summed E-state index contributed by atoms with van der Waals surface area (Å²) in [7, 11) is -4.55. The number of rotatable bonds is 10. The van der Waals surface area contributed by atoms with Crippen LogP contribution in [-0.4, -0.2) is 48.9 Å². The summed E-state index contributed by atoms with van der Waals surface area (Å²) < 4.78 is 11.7. The van der Waals surface area contributed by atoms with Gasteiger partial charge in [-0.1, -0.05) is 43.7 Å². The highest BCUT2D eigenvalue weighted by atomic mass is 31.2. The molecular formula is C16H25N2O7P. The third-order valence-corrected chi connectivity index (χ3v) is 5.77. The van der Waals surface area contributed by atoms with Crippen LogP contribution in [0, 0.1) is 0 Å². The lowest BCUT2D eigenvalue weighted by molar-refractivity contribution is -0.178. The van der Waals surface area contributed by atoms with Crippen molar-refractivity contribution in [2.24, 2.45) is 0 Å². The molecule has 2 unspecified atom stereocenters. The normalized spacial score (nSPS) is 15.1.